The first kappa shape index (κ1) is 20.3. The lowest BCUT2D eigenvalue weighted by Gasteiger charge is -2.22. The highest BCUT2D eigenvalue weighted by atomic mass is 16.5. The number of para-hydroxylation sites is 1. The van der Waals surface area contributed by atoms with Crippen molar-refractivity contribution in [1.29, 1.82) is 0 Å². The van der Waals surface area contributed by atoms with Crippen molar-refractivity contribution in [3.05, 3.63) is 133 Å². The highest BCUT2D eigenvalue weighted by Gasteiger charge is 2.21. The van der Waals surface area contributed by atoms with Gasteiger partial charge in [0.1, 0.15) is 11.5 Å². The Morgan fingerprint density at radius 2 is 1.03 bits per heavy atom. The molecule has 0 fully saturated rings. The lowest BCUT2D eigenvalue weighted by molar-refractivity contribution is 0.487. The molecule has 0 amide bonds. The second-order valence-corrected chi connectivity index (χ2v) is 9.71. The monoisotopic (exact) mass is 470 g/mol. The van der Waals surface area contributed by atoms with Crippen molar-refractivity contribution in [1.82, 2.24) is 0 Å². The summed E-state index contributed by atoms with van der Waals surface area (Å²) in [5, 5.41) is 7.49. The average Bonchev–Trinajstić information content (AvgIpc) is 2.97. The van der Waals surface area contributed by atoms with E-state index < -0.39 is 0 Å². The summed E-state index contributed by atoms with van der Waals surface area (Å²) >= 11 is 0. The number of benzene rings is 7. The molecule has 1 nitrogen and oxygen atoms in total. The Morgan fingerprint density at radius 3 is 1.97 bits per heavy atom. The van der Waals surface area contributed by atoms with E-state index in [0.717, 1.165) is 17.1 Å². The topological polar surface area (TPSA) is 9.23 Å². The molecule has 0 saturated heterocycles. The SMILES string of the molecule is c1ccc2c(c1)Oc1cccc3cc(-c4ccccc4-c4cccc5c4ccc4ccccc45)cc-2c13. The van der Waals surface area contributed by atoms with Crippen molar-refractivity contribution >= 4 is 32.3 Å². The van der Waals surface area contributed by atoms with Crippen LogP contribution in [0.3, 0.4) is 0 Å². The molecule has 37 heavy (non-hydrogen) atoms. The molecule has 0 saturated carbocycles. The Kier molecular flexibility index (Phi) is 4.29. The Morgan fingerprint density at radius 1 is 0.351 bits per heavy atom. The van der Waals surface area contributed by atoms with Gasteiger partial charge in [0.05, 0.1) is 0 Å². The summed E-state index contributed by atoms with van der Waals surface area (Å²) in [5.41, 5.74) is 7.31. The summed E-state index contributed by atoms with van der Waals surface area (Å²) < 4.78 is 6.27. The first-order valence-corrected chi connectivity index (χ1v) is 12.7. The third kappa shape index (κ3) is 3.04. The first-order chi connectivity index (χ1) is 18.3. The first-order valence-electron chi connectivity index (χ1n) is 12.7. The normalized spacial score (nSPS) is 12.0. The molecule has 0 unspecified atom stereocenters. The summed E-state index contributed by atoms with van der Waals surface area (Å²) in [4.78, 5) is 0. The van der Waals surface area contributed by atoms with Crippen molar-refractivity contribution in [3.8, 4) is 44.9 Å². The summed E-state index contributed by atoms with van der Waals surface area (Å²) in [7, 11) is 0. The largest absolute Gasteiger partial charge is 0.456 e. The predicted molar refractivity (Wildman–Crippen MR) is 155 cm³/mol. The van der Waals surface area contributed by atoms with E-state index in [2.05, 4.69) is 127 Å². The standard InChI is InChI=1S/C36H22O/c1-2-11-26-23(9-1)19-20-31-29(26)15-8-16-30(31)28-13-4-3-12-27(28)25-21-24-10-7-18-35-36(24)33(22-25)32-14-5-6-17-34(32)37-35/h1-22H. The number of fused-ring (bicyclic) bond motifs is 5. The van der Waals surface area contributed by atoms with Crippen LogP contribution in [0.25, 0.3) is 65.7 Å². The van der Waals surface area contributed by atoms with Gasteiger partial charge in [-0.1, -0.05) is 109 Å². The van der Waals surface area contributed by atoms with Crippen LogP contribution < -0.4 is 4.74 Å². The molecule has 0 spiro atoms. The van der Waals surface area contributed by atoms with E-state index >= 15 is 0 Å². The van der Waals surface area contributed by atoms with Crippen LogP contribution in [-0.2, 0) is 0 Å². The van der Waals surface area contributed by atoms with Crippen LogP contribution in [0.2, 0.25) is 0 Å². The van der Waals surface area contributed by atoms with Crippen molar-refractivity contribution in [3.63, 3.8) is 0 Å². The van der Waals surface area contributed by atoms with Crippen LogP contribution in [0.15, 0.2) is 133 Å². The van der Waals surface area contributed by atoms with Gasteiger partial charge in [0, 0.05) is 10.9 Å². The minimum absolute atomic E-state index is 0.911. The fourth-order valence-corrected chi connectivity index (χ4v) is 5.99. The maximum absolute atomic E-state index is 6.27. The molecule has 0 aromatic heterocycles. The van der Waals surface area contributed by atoms with Gasteiger partial charge in [-0.15, -0.1) is 0 Å². The van der Waals surface area contributed by atoms with Crippen LogP contribution >= 0.6 is 0 Å². The summed E-state index contributed by atoms with van der Waals surface area (Å²) in [5.74, 6) is 1.83. The van der Waals surface area contributed by atoms with Gasteiger partial charge >= 0.3 is 0 Å². The molecule has 0 N–H and O–H groups in total. The molecule has 7 aromatic rings. The fraction of sp³-hybridized carbons (Fsp3) is 0. The van der Waals surface area contributed by atoms with Crippen molar-refractivity contribution in [2.45, 2.75) is 0 Å². The molecule has 7 aromatic carbocycles. The minimum Gasteiger partial charge on any atom is -0.456 e. The molecule has 1 heterocycles. The summed E-state index contributed by atoms with van der Waals surface area (Å²) in [6, 6.07) is 47.9. The second kappa shape index (κ2) is 7.81. The molecular formula is C36H22O. The van der Waals surface area contributed by atoms with Gasteiger partial charge in [0.25, 0.3) is 0 Å². The lowest BCUT2D eigenvalue weighted by Crippen LogP contribution is -1.97. The van der Waals surface area contributed by atoms with Gasteiger partial charge in [-0.25, -0.2) is 0 Å². The zero-order chi connectivity index (χ0) is 24.3. The number of hydrogen-bond acceptors (Lipinski definition) is 1. The third-order valence-electron chi connectivity index (χ3n) is 7.65. The van der Waals surface area contributed by atoms with Crippen LogP contribution in [0.4, 0.5) is 0 Å². The summed E-state index contributed by atoms with van der Waals surface area (Å²) in [6.45, 7) is 0. The molecule has 0 radical (unpaired) electrons. The number of rotatable bonds is 2. The molecule has 172 valence electrons. The molecule has 0 atom stereocenters. The van der Waals surface area contributed by atoms with E-state index in [1.807, 2.05) is 6.07 Å². The summed E-state index contributed by atoms with van der Waals surface area (Å²) in [6.07, 6.45) is 0. The Labute approximate surface area is 215 Å². The van der Waals surface area contributed by atoms with Crippen molar-refractivity contribution in [2.75, 3.05) is 0 Å². The maximum atomic E-state index is 6.27. The molecule has 0 bridgehead atoms. The van der Waals surface area contributed by atoms with Crippen molar-refractivity contribution < 1.29 is 4.74 Å². The molecule has 1 aliphatic heterocycles. The smallest absolute Gasteiger partial charge is 0.135 e. The number of ether oxygens (including phenoxy) is 1. The zero-order valence-electron chi connectivity index (χ0n) is 20.1. The van der Waals surface area contributed by atoms with Crippen molar-refractivity contribution in [2.24, 2.45) is 0 Å². The van der Waals surface area contributed by atoms with E-state index in [1.54, 1.807) is 0 Å². The number of hydrogen-bond donors (Lipinski definition) is 0. The Hall–Kier alpha value is -4.88. The molecular weight excluding hydrogens is 448 g/mol. The average molecular weight is 471 g/mol. The molecule has 0 aliphatic carbocycles. The Bertz CT molecular complexity index is 2010. The van der Waals surface area contributed by atoms with Gasteiger partial charge in [0.2, 0.25) is 0 Å². The van der Waals surface area contributed by atoms with E-state index in [4.69, 9.17) is 4.74 Å². The van der Waals surface area contributed by atoms with E-state index in [0.29, 0.717) is 0 Å². The van der Waals surface area contributed by atoms with Crippen LogP contribution in [0, 0.1) is 0 Å². The van der Waals surface area contributed by atoms with Gasteiger partial charge in [0.15, 0.2) is 0 Å². The predicted octanol–water partition coefficient (Wildman–Crippen LogP) is 10.3. The maximum Gasteiger partial charge on any atom is 0.135 e. The highest BCUT2D eigenvalue weighted by molar-refractivity contribution is 6.13. The van der Waals surface area contributed by atoms with Crippen LogP contribution in [0.5, 0.6) is 11.5 Å². The fourth-order valence-electron chi connectivity index (χ4n) is 5.99. The molecule has 1 heteroatoms. The lowest BCUT2D eigenvalue weighted by atomic mass is 9.87. The van der Waals surface area contributed by atoms with Gasteiger partial charge in [-0.3, -0.25) is 0 Å². The molecule has 8 rings (SSSR count). The van der Waals surface area contributed by atoms with Gasteiger partial charge < -0.3 is 4.74 Å². The van der Waals surface area contributed by atoms with Gasteiger partial charge in [-0.2, -0.15) is 0 Å². The second-order valence-electron chi connectivity index (χ2n) is 9.71. The zero-order valence-corrected chi connectivity index (χ0v) is 20.1. The minimum atomic E-state index is 0.911. The van der Waals surface area contributed by atoms with Crippen LogP contribution in [0.1, 0.15) is 0 Å². The Balaban J connectivity index is 1.41. The van der Waals surface area contributed by atoms with E-state index in [1.165, 1.54) is 60.1 Å². The molecule has 1 aliphatic rings. The third-order valence-corrected chi connectivity index (χ3v) is 7.65. The highest BCUT2D eigenvalue weighted by Crippen LogP contribution is 2.48. The van der Waals surface area contributed by atoms with Crippen LogP contribution in [-0.4, -0.2) is 0 Å². The van der Waals surface area contributed by atoms with Gasteiger partial charge in [-0.05, 0) is 79.0 Å². The van der Waals surface area contributed by atoms with E-state index in [9.17, 15) is 0 Å². The quantitative estimate of drug-likeness (QED) is 0.228. The van der Waals surface area contributed by atoms with E-state index in [-0.39, 0.29) is 0 Å².